The number of thiophene rings is 1. The van der Waals surface area contributed by atoms with E-state index in [1.165, 1.54) is 15.6 Å². The average molecular weight is 344 g/mol. The van der Waals surface area contributed by atoms with Gasteiger partial charge in [-0.15, -0.1) is 11.3 Å². The number of carbonyl (C=O) groups excluding carboxylic acids is 1. The molecule has 2 aliphatic rings. The van der Waals surface area contributed by atoms with Crippen LogP contribution < -0.4 is 0 Å². The molecule has 0 saturated carbocycles. The van der Waals surface area contributed by atoms with E-state index in [0.717, 1.165) is 11.3 Å². The van der Waals surface area contributed by atoms with E-state index in [1.807, 2.05) is 6.92 Å². The molecule has 2 saturated heterocycles. The van der Waals surface area contributed by atoms with Gasteiger partial charge in [-0.05, 0) is 31.9 Å². The fourth-order valence-electron chi connectivity index (χ4n) is 2.94. The van der Waals surface area contributed by atoms with Crippen molar-refractivity contribution in [2.24, 2.45) is 0 Å². The molecule has 1 aromatic rings. The number of morpholine rings is 1. The minimum atomic E-state index is -3.58. The van der Waals surface area contributed by atoms with E-state index in [1.54, 1.807) is 17.0 Å². The van der Waals surface area contributed by atoms with Crippen LogP contribution in [-0.4, -0.2) is 62.4 Å². The molecule has 1 amide bonds. The third-order valence-corrected chi connectivity index (χ3v) is 7.47. The highest BCUT2D eigenvalue weighted by Crippen LogP contribution is 2.30. The van der Waals surface area contributed by atoms with Gasteiger partial charge in [0.25, 0.3) is 10.0 Å². The van der Waals surface area contributed by atoms with Crippen molar-refractivity contribution < 1.29 is 17.9 Å². The van der Waals surface area contributed by atoms with Gasteiger partial charge in [0.1, 0.15) is 10.3 Å². The van der Waals surface area contributed by atoms with Crippen molar-refractivity contribution in [2.45, 2.75) is 30.0 Å². The van der Waals surface area contributed by atoms with Crippen LogP contribution in [0.5, 0.6) is 0 Å². The molecule has 3 rings (SSSR count). The molecule has 2 fully saturated rings. The van der Waals surface area contributed by atoms with Crippen LogP contribution in [0.15, 0.2) is 16.3 Å². The molecule has 0 bridgehead atoms. The summed E-state index contributed by atoms with van der Waals surface area (Å²) in [6.45, 7) is 4.43. The van der Waals surface area contributed by atoms with Crippen molar-refractivity contribution in [1.29, 1.82) is 0 Å². The normalized spacial score (nSPS) is 23.9. The molecule has 1 atom stereocenters. The fourth-order valence-corrected chi connectivity index (χ4v) is 6.00. The summed E-state index contributed by atoms with van der Waals surface area (Å²) in [7, 11) is -3.58. The van der Waals surface area contributed by atoms with E-state index in [-0.39, 0.29) is 5.91 Å². The third kappa shape index (κ3) is 2.92. The predicted molar refractivity (Wildman–Crippen MR) is 83.4 cm³/mol. The lowest BCUT2D eigenvalue weighted by Gasteiger charge is -2.32. The van der Waals surface area contributed by atoms with Gasteiger partial charge in [0.15, 0.2) is 0 Å². The number of aryl methyl sites for hydroxylation is 1. The molecular formula is C14H20N2O4S2. The molecule has 122 valence electrons. The molecule has 3 heterocycles. The van der Waals surface area contributed by atoms with Crippen LogP contribution in [0.2, 0.25) is 0 Å². The number of amides is 1. The molecule has 8 heteroatoms. The molecule has 1 unspecified atom stereocenters. The predicted octanol–water partition coefficient (Wildman–Crippen LogP) is 1.07. The fraction of sp³-hybridized carbons (Fsp3) is 0.643. The van der Waals surface area contributed by atoms with Crippen LogP contribution in [-0.2, 0) is 19.6 Å². The lowest BCUT2D eigenvalue weighted by Crippen LogP contribution is -2.50. The number of hydrogen-bond donors (Lipinski definition) is 0. The molecule has 2 aliphatic heterocycles. The van der Waals surface area contributed by atoms with E-state index >= 15 is 0 Å². The van der Waals surface area contributed by atoms with Crippen LogP contribution in [0.1, 0.15) is 17.7 Å². The van der Waals surface area contributed by atoms with Crippen molar-refractivity contribution >= 4 is 27.3 Å². The molecule has 0 aliphatic carbocycles. The smallest absolute Gasteiger partial charge is 0.253 e. The Morgan fingerprint density at radius 2 is 2.00 bits per heavy atom. The third-order valence-electron chi connectivity index (χ3n) is 4.09. The zero-order valence-corrected chi connectivity index (χ0v) is 14.2. The topological polar surface area (TPSA) is 66.9 Å². The first-order valence-corrected chi connectivity index (χ1v) is 9.70. The molecule has 6 nitrogen and oxygen atoms in total. The zero-order valence-electron chi connectivity index (χ0n) is 12.5. The summed E-state index contributed by atoms with van der Waals surface area (Å²) in [5.74, 6) is -0.0855. The summed E-state index contributed by atoms with van der Waals surface area (Å²) in [5.41, 5.74) is 0. The maximum absolute atomic E-state index is 12.8. The minimum Gasteiger partial charge on any atom is -0.378 e. The van der Waals surface area contributed by atoms with Crippen molar-refractivity contribution in [1.82, 2.24) is 9.21 Å². The van der Waals surface area contributed by atoms with Crippen molar-refractivity contribution in [3.8, 4) is 0 Å². The molecule has 0 N–H and O–H groups in total. The van der Waals surface area contributed by atoms with E-state index in [2.05, 4.69) is 0 Å². The Hall–Kier alpha value is -0.960. The van der Waals surface area contributed by atoms with Gasteiger partial charge in [-0.25, -0.2) is 8.42 Å². The number of carbonyl (C=O) groups is 1. The number of ether oxygens (including phenoxy) is 1. The first kappa shape index (κ1) is 15.9. The average Bonchev–Trinajstić information content (AvgIpc) is 3.16. The Labute approximate surface area is 134 Å². The maximum Gasteiger partial charge on any atom is 0.253 e. The number of hydrogen-bond acceptors (Lipinski definition) is 5. The Balaban J connectivity index is 1.82. The standard InChI is InChI=1S/C14H20N2O4S2/c1-11-4-5-13(21-11)22(18,19)16-6-2-3-12(16)14(17)15-7-9-20-10-8-15/h4-5,12H,2-3,6-10H2,1H3. The minimum absolute atomic E-state index is 0.0855. The Morgan fingerprint density at radius 1 is 1.27 bits per heavy atom. The van der Waals surface area contributed by atoms with Gasteiger partial charge in [-0.1, -0.05) is 0 Å². The van der Waals surface area contributed by atoms with Gasteiger partial charge in [-0.2, -0.15) is 4.31 Å². The number of sulfonamides is 1. The van der Waals surface area contributed by atoms with Crippen LogP contribution in [0.25, 0.3) is 0 Å². The maximum atomic E-state index is 12.8. The highest BCUT2D eigenvalue weighted by atomic mass is 32.2. The van der Waals surface area contributed by atoms with Gasteiger partial charge >= 0.3 is 0 Å². The SMILES string of the molecule is Cc1ccc(S(=O)(=O)N2CCCC2C(=O)N2CCOCC2)s1. The lowest BCUT2D eigenvalue weighted by atomic mass is 10.2. The van der Waals surface area contributed by atoms with E-state index in [0.29, 0.717) is 43.5 Å². The Morgan fingerprint density at radius 3 is 2.64 bits per heavy atom. The summed E-state index contributed by atoms with van der Waals surface area (Å²) < 4.78 is 32.5. The highest BCUT2D eigenvalue weighted by molar-refractivity contribution is 7.91. The van der Waals surface area contributed by atoms with Gasteiger partial charge in [-0.3, -0.25) is 4.79 Å². The van der Waals surface area contributed by atoms with Crippen LogP contribution in [0.4, 0.5) is 0 Å². The van der Waals surface area contributed by atoms with Gasteiger partial charge < -0.3 is 9.64 Å². The monoisotopic (exact) mass is 344 g/mol. The second kappa shape index (κ2) is 6.27. The molecule has 0 aromatic carbocycles. The van der Waals surface area contributed by atoms with Crippen molar-refractivity contribution in [2.75, 3.05) is 32.8 Å². The summed E-state index contributed by atoms with van der Waals surface area (Å²) in [5, 5.41) is 0. The van der Waals surface area contributed by atoms with Crippen molar-refractivity contribution in [3.63, 3.8) is 0 Å². The summed E-state index contributed by atoms with van der Waals surface area (Å²) in [4.78, 5) is 15.3. The van der Waals surface area contributed by atoms with Gasteiger partial charge in [0, 0.05) is 24.5 Å². The molecule has 22 heavy (non-hydrogen) atoms. The van der Waals surface area contributed by atoms with E-state index in [9.17, 15) is 13.2 Å². The Bertz CT molecular complexity index is 650. The molecular weight excluding hydrogens is 324 g/mol. The van der Waals surface area contributed by atoms with Crippen molar-refractivity contribution in [3.05, 3.63) is 17.0 Å². The van der Waals surface area contributed by atoms with Crippen LogP contribution in [0.3, 0.4) is 0 Å². The molecule has 1 aromatic heterocycles. The van der Waals surface area contributed by atoms with Gasteiger partial charge in [0.2, 0.25) is 5.91 Å². The second-order valence-corrected chi connectivity index (χ2v) is 8.98. The second-order valence-electron chi connectivity index (χ2n) is 5.58. The quantitative estimate of drug-likeness (QED) is 0.823. The number of nitrogens with zero attached hydrogens (tertiary/aromatic N) is 2. The Kier molecular flexibility index (Phi) is 4.54. The van der Waals surface area contributed by atoms with Crippen LogP contribution in [0, 0.1) is 6.92 Å². The lowest BCUT2D eigenvalue weighted by molar-refractivity contribution is -0.138. The van der Waals surface area contributed by atoms with Crippen LogP contribution >= 0.6 is 11.3 Å². The summed E-state index contributed by atoms with van der Waals surface area (Å²) in [6, 6.07) is 2.86. The van der Waals surface area contributed by atoms with E-state index < -0.39 is 16.1 Å². The zero-order chi connectivity index (χ0) is 15.7. The van der Waals surface area contributed by atoms with E-state index in [4.69, 9.17) is 4.74 Å². The first-order valence-electron chi connectivity index (χ1n) is 7.45. The first-order chi connectivity index (χ1) is 10.5. The summed E-state index contributed by atoms with van der Waals surface area (Å²) in [6.07, 6.45) is 1.32. The van der Waals surface area contributed by atoms with Gasteiger partial charge in [0.05, 0.1) is 13.2 Å². The largest absolute Gasteiger partial charge is 0.378 e. The number of rotatable bonds is 3. The summed E-state index contributed by atoms with van der Waals surface area (Å²) >= 11 is 1.26. The molecule has 0 spiro atoms. The highest BCUT2D eigenvalue weighted by Gasteiger charge is 2.41. The molecule has 0 radical (unpaired) electrons.